The van der Waals surface area contributed by atoms with Gasteiger partial charge in [0.1, 0.15) is 16.5 Å². The highest BCUT2D eigenvalue weighted by molar-refractivity contribution is 7.77. The van der Waals surface area contributed by atoms with Crippen LogP contribution in [0.1, 0.15) is 69.4 Å². The first-order valence-electron chi connectivity index (χ1n) is 9.85. The van der Waals surface area contributed by atoms with Gasteiger partial charge in [0, 0.05) is 11.9 Å². The number of halogens is 2. The molecule has 8 nitrogen and oxygen atoms in total. The third-order valence-electron chi connectivity index (χ3n) is 4.36. The Morgan fingerprint density at radius 2 is 1.78 bits per heavy atom. The molecule has 1 atom stereocenters. The number of aliphatic hydroxyl groups is 1. The number of hydrogen-bond donors (Lipinski definition) is 4. The fraction of sp³-hybridized carbons (Fsp3) is 0.500. The van der Waals surface area contributed by atoms with Crippen LogP contribution in [0.5, 0.6) is 5.75 Å². The summed E-state index contributed by atoms with van der Waals surface area (Å²) in [7, 11) is -2.53. The molecule has 2 rings (SSSR count). The fourth-order valence-corrected chi connectivity index (χ4v) is 4.39. The molecular weight excluding hydrogens is 462 g/mol. The Morgan fingerprint density at radius 3 is 2.22 bits per heavy atom. The van der Waals surface area contributed by atoms with Crippen LogP contribution in [0.15, 0.2) is 22.7 Å². The van der Waals surface area contributed by atoms with E-state index in [-0.39, 0.29) is 22.7 Å². The van der Waals surface area contributed by atoms with E-state index in [4.69, 9.17) is 0 Å². The topological polar surface area (TPSA) is 113 Å². The molecule has 0 radical (unpaired) electrons. The van der Waals surface area contributed by atoms with Crippen LogP contribution < -0.4 is 14.8 Å². The van der Waals surface area contributed by atoms with Gasteiger partial charge in [0.25, 0.3) is 0 Å². The van der Waals surface area contributed by atoms with Crippen LogP contribution in [0.4, 0.5) is 24.4 Å². The van der Waals surface area contributed by atoms with Crippen LogP contribution in [0.25, 0.3) is 0 Å². The van der Waals surface area contributed by atoms with Crippen LogP contribution in [-0.2, 0) is 16.4 Å². The van der Waals surface area contributed by atoms with E-state index in [9.17, 15) is 22.9 Å². The standard InChI is InChI=1S/C20H28F2N4O4S2/c1-10(2)13-7-12(30-17(21)22)8-14(11(3)4)16(13)24-18(27)25-32(29)26-19-23-9-15(31-19)20(5,6)28/h7-11,17,28,32H,1-6H3,(H2,23,24,25,26,27,29). The number of nitrogens with zero attached hydrogens (tertiary/aromatic N) is 2. The molecule has 0 aliphatic rings. The third-order valence-corrected chi connectivity index (χ3v) is 6.50. The number of rotatable bonds is 8. The van der Waals surface area contributed by atoms with E-state index < -0.39 is 29.0 Å². The van der Waals surface area contributed by atoms with Gasteiger partial charge < -0.3 is 15.2 Å². The quantitative estimate of drug-likeness (QED) is 0.368. The molecule has 1 heterocycles. The number of thiol groups is 1. The Hall–Kier alpha value is -2.31. The summed E-state index contributed by atoms with van der Waals surface area (Å²) in [5, 5.41) is 12.9. The summed E-state index contributed by atoms with van der Waals surface area (Å²) in [4.78, 5) is 17.1. The van der Waals surface area contributed by atoms with Crippen molar-refractivity contribution in [2.75, 3.05) is 10.0 Å². The molecule has 0 saturated carbocycles. The van der Waals surface area contributed by atoms with Crippen molar-refractivity contribution in [3.8, 4) is 5.75 Å². The summed E-state index contributed by atoms with van der Waals surface area (Å²) in [5.41, 5.74) is 0.507. The zero-order valence-electron chi connectivity index (χ0n) is 18.6. The average Bonchev–Trinajstić information content (AvgIpc) is 3.10. The molecule has 1 aromatic carbocycles. The lowest BCUT2D eigenvalue weighted by Crippen LogP contribution is -2.14. The molecule has 0 aliphatic carbocycles. The number of hydrogen-bond acceptors (Lipinski definition) is 6. The SMILES string of the molecule is CC(C)c1cc(OC(F)F)cc(C(C)C)c1NC(=O)/N=[SH](=O)\Nc1ncc(C(C)(C)O)s1. The van der Waals surface area contributed by atoms with Crippen molar-refractivity contribution in [1.82, 2.24) is 4.98 Å². The number of carbonyl (C=O) groups excluding carboxylic acids is 1. The largest absolute Gasteiger partial charge is 0.435 e. The normalized spacial score (nSPS) is 13.1. The maximum atomic E-state index is 12.7. The highest BCUT2D eigenvalue weighted by atomic mass is 32.2. The lowest BCUT2D eigenvalue weighted by molar-refractivity contribution is -0.0499. The number of ether oxygens (including phenoxy) is 1. The maximum absolute atomic E-state index is 12.7. The van der Waals surface area contributed by atoms with E-state index in [1.165, 1.54) is 18.3 Å². The van der Waals surface area contributed by atoms with Gasteiger partial charge >= 0.3 is 12.6 Å². The second-order valence-corrected chi connectivity index (χ2v) is 10.2. The van der Waals surface area contributed by atoms with Crippen molar-refractivity contribution in [2.45, 2.75) is 65.6 Å². The minimum absolute atomic E-state index is 0.00135. The molecule has 1 aromatic heterocycles. The Balaban J connectivity index is 2.29. The van der Waals surface area contributed by atoms with Crippen LogP contribution in [0.3, 0.4) is 0 Å². The van der Waals surface area contributed by atoms with E-state index in [2.05, 4.69) is 24.1 Å². The van der Waals surface area contributed by atoms with Crippen LogP contribution in [0, 0.1) is 0 Å². The summed E-state index contributed by atoms with van der Waals surface area (Å²) in [6, 6.07) is 2.04. The highest BCUT2D eigenvalue weighted by Crippen LogP contribution is 2.37. The molecule has 2 amide bonds. The number of thiazole rings is 1. The third kappa shape index (κ3) is 7.10. The number of amides is 2. The highest BCUT2D eigenvalue weighted by Gasteiger charge is 2.21. The summed E-state index contributed by atoms with van der Waals surface area (Å²) >= 11 is 1.10. The zero-order chi connectivity index (χ0) is 24.2. The van der Waals surface area contributed by atoms with Gasteiger partial charge in [-0.1, -0.05) is 39.0 Å². The van der Waals surface area contributed by atoms with Gasteiger partial charge in [0.15, 0.2) is 5.13 Å². The van der Waals surface area contributed by atoms with Gasteiger partial charge in [-0.15, -0.1) is 4.36 Å². The molecular formula is C20H28F2N4O4S2. The van der Waals surface area contributed by atoms with Gasteiger partial charge in [-0.3, -0.25) is 4.72 Å². The van der Waals surface area contributed by atoms with Crippen LogP contribution >= 0.6 is 11.3 Å². The van der Waals surface area contributed by atoms with Crippen molar-refractivity contribution in [3.63, 3.8) is 0 Å². The molecule has 32 heavy (non-hydrogen) atoms. The van der Waals surface area contributed by atoms with Gasteiger partial charge in [0.2, 0.25) is 0 Å². The first-order valence-corrected chi connectivity index (χ1v) is 11.9. The Kier molecular flexibility index (Phi) is 8.54. The number of carbonyl (C=O) groups is 1. The van der Waals surface area contributed by atoms with Crippen molar-refractivity contribution in [3.05, 3.63) is 34.3 Å². The lowest BCUT2D eigenvalue weighted by atomic mass is 9.92. The predicted molar refractivity (Wildman–Crippen MR) is 123 cm³/mol. The molecule has 12 heteroatoms. The first-order chi connectivity index (χ1) is 14.8. The molecule has 1 unspecified atom stereocenters. The Bertz CT molecular complexity index is 1010. The molecule has 0 fully saturated rings. The first kappa shape index (κ1) is 25.9. The van der Waals surface area contributed by atoms with Crippen molar-refractivity contribution in [1.29, 1.82) is 0 Å². The van der Waals surface area contributed by atoms with E-state index in [0.717, 1.165) is 11.3 Å². The number of alkyl halides is 2. The molecule has 0 bridgehead atoms. The van der Waals surface area contributed by atoms with Crippen molar-refractivity contribution in [2.24, 2.45) is 4.36 Å². The molecule has 0 spiro atoms. The fourth-order valence-electron chi connectivity index (χ4n) is 2.82. The van der Waals surface area contributed by atoms with Gasteiger partial charge in [-0.25, -0.2) is 14.0 Å². The number of benzene rings is 1. The van der Waals surface area contributed by atoms with Crippen molar-refractivity contribution < 1.29 is 27.6 Å². The number of nitrogens with one attached hydrogen (secondary N) is 2. The van der Waals surface area contributed by atoms with E-state index in [0.29, 0.717) is 21.7 Å². The molecule has 0 saturated heterocycles. The number of urea groups is 1. The predicted octanol–water partition coefficient (Wildman–Crippen LogP) is 5.44. The molecule has 3 N–H and O–H groups in total. The summed E-state index contributed by atoms with van der Waals surface area (Å²) in [6.07, 6.45) is 1.45. The second kappa shape index (κ2) is 10.5. The average molecular weight is 491 g/mol. The van der Waals surface area contributed by atoms with Gasteiger partial charge in [0.05, 0.1) is 10.5 Å². The summed E-state index contributed by atoms with van der Waals surface area (Å²) in [5.74, 6) is -0.237. The number of aromatic nitrogens is 1. The minimum Gasteiger partial charge on any atom is -0.435 e. The lowest BCUT2D eigenvalue weighted by Gasteiger charge is -2.21. The monoisotopic (exact) mass is 490 g/mol. The molecule has 178 valence electrons. The number of anilines is 2. The van der Waals surface area contributed by atoms with Crippen LogP contribution in [0.2, 0.25) is 0 Å². The summed E-state index contributed by atoms with van der Waals surface area (Å²) < 4.78 is 48.4. The Morgan fingerprint density at radius 1 is 1.22 bits per heavy atom. The smallest absolute Gasteiger partial charge is 0.387 e. The van der Waals surface area contributed by atoms with Crippen molar-refractivity contribution >= 4 is 39.0 Å². The maximum Gasteiger partial charge on any atom is 0.387 e. The van der Waals surface area contributed by atoms with E-state index in [1.54, 1.807) is 13.8 Å². The van der Waals surface area contributed by atoms with Crippen LogP contribution in [-0.4, -0.2) is 26.9 Å². The molecule has 2 aromatic rings. The Labute approximate surface area is 191 Å². The zero-order valence-corrected chi connectivity index (χ0v) is 20.4. The second-order valence-electron chi connectivity index (χ2n) is 8.17. The van der Waals surface area contributed by atoms with Gasteiger partial charge in [-0.2, -0.15) is 8.78 Å². The van der Waals surface area contributed by atoms with E-state index in [1.807, 2.05) is 27.7 Å². The molecule has 0 aliphatic heterocycles. The minimum atomic E-state index is -2.97. The van der Waals surface area contributed by atoms with E-state index >= 15 is 0 Å². The summed E-state index contributed by atoms with van der Waals surface area (Å²) in [6.45, 7) is 7.62. The van der Waals surface area contributed by atoms with Gasteiger partial charge in [-0.05, 0) is 48.9 Å².